The zero-order chi connectivity index (χ0) is 16.9. The van der Waals surface area contributed by atoms with Crippen LogP contribution in [0, 0.1) is 5.92 Å². The lowest BCUT2D eigenvalue weighted by atomic mass is 10.0. The number of aromatic nitrogens is 2. The van der Waals surface area contributed by atoms with Crippen LogP contribution in [0.1, 0.15) is 56.9 Å². The normalized spacial score (nSPS) is 25.8. The van der Waals surface area contributed by atoms with E-state index < -0.39 is 11.8 Å². The van der Waals surface area contributed by atoms with Gasteiger partial charge in [0.05, 0.1) is 17.1 Å². The fourth-order valence-electron chi connectivity index (χ4n) is 3.85. The Morgan fingerprint density at radius 1 is 1.29 bits per heavy atom. The highest BCUT2D eigenvalue weighted by Crippen LogP contribution is 2.64. The summed E-state index contributed by atoms with van der Waals surface area (Å²) in [4.78, 5) is 0. The number of ether oxygens (including phenoxy) is 1. The van der Waals surface area contributed by atoms with Crippen molar-refractivity contribution in [3.8, 4) is 5.75 Å². The van der Waals surface area contributed by atoms with Gasteiger partial charge >= 0.3 is 5.92 Å². The Hall–Kier alpha value is -1.98. The third-order valence-corrected chi connectivity index (χ3v) is 5.11. The summed E-state index contributed by atoms with van der Waals surface area (Å²) in [7, 11) is 0. The van der Waals surface area contributed by atoms with Gasteiger partial charge in [-0.05, 0) is 51.2 Å². The van der Waals surface area contributed by atoms with Crippen LogP contribution in [0.5, 0.6) is 5.75 Å². The molecular formula is C18H20F2N2O2. The molecule has 0 radical (unpaired) electrons. The molecule has 1 aromatic heterocycles. The molecule has 4 nitrogen and oxygen atoms in total. The quantitative estimate of drug-likeness (QED) is 0.811. The van der Waals surface area contributed by atoms with E-state index in [1.54, 1.807) is 26.0 Å². The van der Waals surface area contributed by atoms with Crippen LogP contribution in [0.15, 0.2) is 28.7 Å². The Kier molecular flexibility index (Phi) is 3.41. The topological polar surface area (TPSA) is 48.2 Å². The molecule has 1 aromatic carbocycles. The van der Waals surface area contributed by atoms with E-state index in [1.165, 1.54) is 12.1 Å². The number of hydrogen-bond acceptors (Lipinski definition) is 4. The lowest BCUT2D eigenvalue weighted by Crippen LogP contribution is -2.19. The Labute approximate surface area is 139 Å². The molecule has 0 aliphatic heterocycles. The van der Waals surface area contributed by atoms with Gasteiger partial charge in [0.2, 0.25) is 5.89 Å². The van der Waals surface area contributed by atoms with Gasteiger partial charge in [-0.2, -0.15) is 8.78 Å². The van der Waals surface area contributed by atoms with Crippen molar-refractivity contribution >= 4 is 0 Å². The van der Waals surface area contributed by atoms with Crippen molar-refractivity contribution in [3.63, 3.8) is 0 Å². The summed E-state index contributed by atoms with van der Waals surface area (Å²) in [6.07, 6.45) is 3.96. The molecule has 128 valence electrons. The van der Waals surface area contributed by atoms with E-state index in [2.05, 4.69) is 10.2 Å². The van der Waals surface area contributed by atoms with Crippen LogP contribution in [0.2, 0.25) is 0 Å². The number of para-hydroxylation sites is 1. The van der Waals surface area contributed by atoms with Crippen molar-refractivity contribution in [3.05, 3.63) is 41.6 Å². The number of nitrogens with zero attached hydrogens (tertiary/aromatic N) is 2. The maximum Gasteiger partial charge on any atom is 0.352 e. The Morgan fingerprint density at radius 3 is 2.75 bits per heavy atom. The number of benzene rings is 1. The van der Waals surface area contributed by atoms with E-state index in [-0.39, 0.29) is 22.8 Å². The van der Waals surface area contributed by atoms with Gasteiger partial charge in [-0.25, -0.2) is 0 Å². The summed E-state index contributed by atoms with van der Waals surface area (Å²) in [5.41, 5.74) is -0.375. The van der Waals surface area contributed by atoms with Gasteiger partial charge in [-0.3, -0.25) is 0 Å². The monoisotopic (exact) mass is 334 g/mol. The first-order valence-electron chi connectivity index (χ1n) is 8.42. The molecule has 2 fully saturated rings. The molecule has 0 N–H and O–H groups in total. The van der Waals surface area contributed by atoms with Crippen LogP contribution in [0.3, 0.4) is 0 Å². The van der Waals surface area contributed by atoms with Gasteiger partial charge in [0, 0.05) is 0 Å². The van der Waals surface area contributed by atoms with E-state index in [1.807, 2.05) is 0 Å². The largest absolute Gasteiger partial charge is 0.490 e. The smallest absolute Gasteiger partial charge is 0.352 e. The fourth-order valence-corrected chi connectivity index (χ4v) is 3.85. The third kappa shape index (κ3) is 2.31. The van der Waals surface area contributed by atoms with Crippen molar-refractivity contribution in [1.29, 1.82) is 0 Å². The number of hydrogen-bond donors (Lipinski definition) is 0. The van der Waals surface area contributed by atoms with Crippen LogP contribution in [-0.2, 0) is 11.3 Å². The standard InChI is InChI=1S/C18H20F2N2O2/c1-11(2)23-14-8-4-3-7-13(14)18(19,20)16-22-21-15(24-16)17-9-5-6-12(17)10-17/h3-4,7-8,11-12H,5-6,9-10H2,1-2H3/t12-,17-/m1/s1. The summed E-state index contributed by atoms with van der Waals surface area (Å²) < 4.78 is 40.9. The minimum Gasteiger partial charge on any atom is -0.490 e. The highest BCUT2D eigenvalue weighted by Gasteiger charge is 2.62. The number of halogens is 2. The maximum atomic E-state index is 15.0. The van der Waals surface area contributed by atoms with E-state index in [9.17, 15) is 8.78 Å². The Balaban J connectivity index is 1.67. The van der Waals surface area contributed by atoms with E-state index in [0.29, 0.717) is 11.8 Å². The molecule has 0 spiro atoms. The second-order valence-corrected chi connectivity index (χ2v) is 7.10. The second kappa shape index (κ2) is 5.26. The molecule has 1 heterocycles. The Bertz CT molecular complexity index is 759. The molecule has 0 unspecified atom stereocenters. The van der Waals surface area contributed by atoms with Crippen LogP contribution < -0.4 is 4.74 Å². The van der Waals surface area contributed by atoms with Gasteiger partial charge in [-0.15, -0.1) is 10.2 Å². The van der Waals surface area contributed by atoms with Crippen molar-refractivity contribution in [1.82, 2.24) is 10.2 Å². The first-order chi connectivity index (χ1) is 11.4. The van der Waals surface area contributed by atoms with Gasteiger partial charge in [0.25, 0.3) is 5.89 Å². The molecule has 2 aliphatic rings. The van der Waals surface area contributed by atoms with Crippen LogP contribution in [0.25, 0.3) is 0 Å². The predicted octanol–water partition coefficient (Wildman–Crippen LogP) is 4.44. The third-order valence-electron chi connectivity index (χ3n) is 5.11. The van der Waals surface area contributed by atoms with Crippen LogP contribution in [-0.4, -0.2) is 16.3 Å². The molecular weight excluding hydrogens is 314 g/mol. The minimum absolute atomic E-state index is 0.130. The minimum atomic E-state index is -3.38. The number of alkyl halides is 2. The molecule has 0 amide bonds. The molecule has 2 saturated carbocycles. The maximum absolute atomic E-state index is 15.0. The van der Waals surface area contributed by atoms with Crippen molar-refractivity contribution in [2.75, 3.05) is 0 Å². The average molecular weight is 334 g/mol. The van der Waals surface area contributed by atoms with Crippen molar-refractivity contribution < 1.29 is 17.9 Å². The summed E-state index contributed by atoms with van der Waals surface area (Å²) in [5, 5.41) is 7.64. The van der Waals surface area contributed by atoms with E-state index >= 15 is 0 Å². The predicted molar refractivity (Wildman–Crippen MR) is 83.1 cm³/mol. The molecule has 0 bridgehead atoms. The zero-order valence-corrected chi connectivity index (χ0v) is 13.8. The van der Waals surface area contributed by atoms with Crippen LogP contribution >= 0.6 is 0 Å². The fraction of sp³-hybridized carbons (Fsp3) is 0.556. The zero-order valence-electron chi connectivity index (χ0n) is 13.8. The van der Waals surface area contributed by atoms with Gasteiger partial charge in [0.1, 0.15) is 5.75 Å². The molecule has 24 heavy (non-hydrogen) atoms. The lowest BCUT2D eigenvalue weighted by Gasteiger charge is -2.18. The molecule has 2 aliphatic carbocycles. The number of rotatable bonds is 5. The van der Waals surface area contributed by atoms with Gasteiger partial charge in [-0.1, -0.05) is 18.6 Å². The number of fused-ring (bicyclic) bond motifs is 1. The summed E-state index contributed by atoms with van der Waals surface area (Å²) in [6.45, 7) is 3.60. The second-order valence-electron chi connectivity index (χ2n) is 7.10. The first kappa shape index (κ1) is 15.5. The summed E-state index contributed by atoms with van der Waals surface area (Å²) in [6, 6.07) is 6.10. The van der Waals surface area contributed by atoms with Crippen LogP contribution in [0.4, 0.5) is 8.78 Å². The van der Waals surface area contributed by atoms with E-state index in [0.717, 1.165) is 25.7 Å². The highest BCUT2D eigenvalue weighted by atomic mass is 19.3. The lowest BCUT2D eigenvalue weighted by molar-refractivity contribution is 0.00793. The summed E-state index contributed by atoms with van der Waals surface area (Å²) in [5.74, 6) is -2.99. The molecule has 2 atom stereocenters. The average Bonchev–Trinajstić information content (AvgIpc) is 2.93. The van der Waals surface area contributed by atoms with Gasteiger partial charge < -0.3 is 9.15 Å². The molecule has 0 saturated heterocycles. The molecule has 4 rings (SSSR count). The summed E-state index contributed by atoms with van der Waals surface area (Å²) >= 11 is 0. The van der Waals surface area contributed by atoms with Gasteiger partial charge in [0.15, 0.2) is 0 Å². The van der Waals surface area contributed by atoms with E-state index in [4.69, 9.17) is 9.15 Å². The van der Waals surface area contributed by atoms with Crippen molar-refractivity contribution in [2.24, 2.45) is 5.92 Å². The molecule has 6 heteroatoms. The van der Waals surface area contributed by atoms with Crippen molar-refractivity contribution in [2.45, 2.75) is 57.0 Å². The SMILES string of the molecule is CC(C)Oc1ccccc1C(F)(F)c1nnc([C@@]23CCC[C@@H]2C3)o1. The Morgan fingerprint density at radius 2 is 2.08 bits per heavy atom. The molecule has 2 aromatic rings. The highest BCUT2D eigenvalue weighted by molar-refractivity contribution is 5.39. The first-order valence-corrected chi connectivity index (χ1v) is 8.42.